The Morgan fingerprint density at radius 1 is 1.33 bits per heavy atom. The SMILES string of the molecule is O=C1/C(=C\C=C\c2ccco2)NC(=S)N1C1CCCCC1. The zero-order chi connectivity index (χ0) is 14.7. The summed E-state index contributed by atoms with van der Waals surface area (Å²) in [6.07, 6.45) is 12.7. The molecule has 0 aromatic carbocycles. The lowest BCUT2D eigenvalue weighted by Gasteiger charge is -2.29. The fourth-order valence-corrected chi connectivity index (χ4v) is 3.20. The largest absolute Gasteiger partial charge is 0.465 e. The van der Waals surface area contributed by atoms with Gasteiger partial charge in [-0.15, -0.1) is 0 Å². The highest BCUT2D eigenvalue weighted by atomic mass is 32.1. The first-order valence-corrected chi connectivity index (χ1v) is 7.73. The molecule has 1 saturated carbocycles. The maximum absolute atomic E-state index is 12.5. The Morgan fingerprint density at radius 3 is 2.86 bits per heavy atom. The van der Waals surface area contributed by atoms with E-state index in [0.717, 1.165) is 18.6 Å². The normalized spacial score (nSPS) is 22.5. The summed E-state index contributed by atoms with van der Waals surface area (Å²) in [4.78, 5) is 14.2. The van der Waals surface area contributed by atoms with Gasteiger partial charge in [-0.1, -0.05) is 25.3 Å². The number of nitrogens with one attached hydrogen (secondary N) is 1. The number of hydrogen-bond donors (Lipinski definition) is 1. The van der Waals surface area contributed by atoms with Gasteiger partial charge in [-0.25, -0.2) is 0 Å². The second kappa shape index (κ2) is 6.26. The molecule has 0 radical (unpaired) electrons. The summed E-state index contributed by atoms with van der Waals surface area (Å²) >= 11 is 5.32. The van der Waals surface area contributed by atoms with E-state index in [4.69, 9.17) is 16.6 Å². The highest BCUT2D eigenvalue weighted by Crippen LogP contribution is 2.26. The first-order chi connectivity index (χ1) is 10.3. The molecule has 1 aliphatic heterocycles. The van der Waals surface area contributed by atoms with Crippen LogP contribution in [0.3, 0.4) is 0 Å². The van der Waals surface area contributed by atoms with Gasteiger partial charge in [-0.2, -0.15) is 0 Å². The molecule has 2 fully saturated rings. The summed E-state index contributed by atoms with van der Waals surface area (Å²) in [7, 11) is 0. The number of allylic oxidation sites excluding steroid dienone is 2. The molecule has 1 saturated heterocycles. The zero-order valence-electron chi connectivity index (χ0n) is 11.7. The van der Waals surface area contributed by atoms with Crippen molar-refractivity contribution in [2.75, 3.05) is 0 Å². The van der Waals surface area contributed by atoms with Gasteiger partial charge in [-0.3, -0.25) is 9.69 Å². The van der Waals surface area contributed by atoms with Crippen molar-refractivity contribution in [2.24, 2.45) is 0 Å². The van der Waals surface area contributed by atoms with Crippen molar-refractivity contribution in [3.05, 3.63) is 42.0 Å². The number of amides is 1. The predicted octanol–water partition coefficient (Wildman–Crippen LogP) is 3.23. The van der Waals surface area contributed by atoms with Crippen molar-refractivity contribution >= 4 is 29.3 Å². The maximum atomic E-state index is 12.5. The monoisotopic (exact) mass is 302 g/mol. The van der Waals surface area contributed by atoms with Gasteiger partial charge in [-0.05, 0) is 49.3 Å². The first-order valence-electron chi connectivity index (χ1n) is 7.32. The standard InChI is InChI=1S/C16H18N2O2S/c19-15-14(10-4-8-13-9-5-11-20-13)17-16(21)18(15)12-6-2-1-3-7-12/h4-5,8-12H,1-3,6-7H2,(H,17,21)/b8-4+,14-10+. The minimum atomic E-state index is -0.0176. The van der Waals surface area contributed by atoms with Gasteiger partial charge >= 0.3 is 0 Å². The molecule has 2 heterocycles. The van der Waals surface area contributed by atoms with Gasteiger partial charge in [0, 0.05) is 6.04 Å². The van der Waals surface area contributed by atoms with Crippen molar-refractivity contribution in [3.8, 4) is 0 Å². The van der Waals surface area contributed by atoms with Crippen molar-refractivity contribution < 1.29 is 9.21 Å². The van der Waals surface area contributed by atoms with Crippen LogP contribution in [-0.2, 0) is 4.79 Å². The molecule has 5 heteroatoms. The summed E-state index contributed by atoms with van der Waals surface area (Å²) in [5.74, 6) is 0.736. The molecule has 1 aliphatic carbocycles. The number of rotatable bonds is 3. The Kier molecular flexibility index (Phi) is 4.20. The van der Waals surface area contributed by atoms with E-state index in [-0.39, 0.29) is 11.9 Å². The molecule has 0 atom stereocenters. The molecule has 110 valence electrons. The van der Waals surface area contributed by atoms with Crippen LogP contribution < -0.4 is 5.32 Å². The minimum absolute atomic E-state index is 0.0176. The molecule has 2 aliphatic rings. The lowest BCUT2D eigenvalue weighted by molar-refractivity contribution is -0.124. The first kappa shape index (κ1) is 14.1. The molecule has 0 bridgehead atoms. The third-order valence-electron chi connectivity index (χ3n) is 3.92. The molecule has 1 N–H and O–H groups in total. The molecule has 0 spiro atoms. The van der Waals surface area contributed by atoms with E-state index >= 15 is 0 Å². The zero-order valence-corrected chi connectivity index (χ0v) is 12.6. The molecule has 1 aromatic heterocycles. The topological polar surface area (TPSA) is 45.5 Å². The molecule has 4 nitrogen and oxygen atoms in total. The predicted molar refractivity (Wildman–Crippen MR) is 85.3 cm³/mol. The second-order valence-electron chi connectivity index (χ2n) is 5.35. The van der Waals surface area contributed by atoms with Crippen LogP contribution in [0.15, 0.2) is 40.7 Å². The number of furan rings is 1. The Hall–Kier alpha value is -1.88. The number of thiocarbonyl (C=S) groups is 1. The molecular formula is C16H18N2O2S. The van der Waals surface area contributed by atoms with Crippen LogP contribution in [0, 0.1) is 0 Å². The van der Waals surface area contributed by atoms with Crippen LogP contribution in [0.25, 0.3) is 6.08 Å². The van der Waals surface area contributed by atoms with Crippen LogP contribution >= 0.6 is 12.2 Å². The van der Waals surface area contributed by atoms with Crippen LogP contribution in [0.4, 0.5) is 0 Å². The van der Waals surface area contributed by atoms with E-state index in [1.54, 1.807) is 23.3 Å². The second-order valence-corrected chi connectivity index (χ2v) is 5.74. The van der Waals surface area contributed by atoms with Crippen LogP contribution in [0.5, 0.6) is 0 Å². The lowest BCUT2D eigenvalue weighted by Crippen LogP contribution is -2.41. The van der Waals surface area contributed by atoms with E-state index in [1.807, 2.05) is 18.2 Å². The smallest absolute Gasteiger partial charge is 0.276 e. The summed E-state index contributed by atoms with van der Waals surface area (Å²) in [6, 6.07) is 3.94. The molecule has 21 heavy (non-hydrogen) atoms. The van der Waals surface area contributed by atoms with Gasteiger partial charge in [0.05, 0.1) is 6.26 Å². The fraction of sp³-hybridized carbons (Fsp3) is 0.375. The summed E-state index contributed by atoms with van der Waals surface area (Å²) in [6.45, 7) is 0. The maximum Gasteiger partial charge on any atom is 0.276 e. The molecular weight excluding hydrogens is 284 g/mol. The Balaban J connectivity index is 1.70. The van der Waals surface area contributed by atoms with Gasteiger partial charge in [0.1, 0.15) is 11.5 Å². The van der Waals surface area contributed by atoms with Crippen LogP contribution in [0.2, 0.25) is 0 Å². The van der Waals surface area contributed by atoms with E-state index in [1.165, 1.54) is 19.3 Å². The van der Waals surface area contributed by atoms with Crippen molar-refractivity contribution in [3.63, 3.8) is 0 Å². The molecule has 1 amide bonds. The average molecular weight is 302 g/mol. The van der Waals surface area contributed by atoms with Crippen LogP contribution in [-0.4, -0.2) is 22.0 Å². The van der Waals surface area contributed by atoms with Crippen LogP contribution in [0.1, 0.15) is 37.9 Å². The van der Waals surface area contributed by atoms with Gasteiger partial charge in [0.15, 0.2) is 5.11 Å². The number of carbonyl (C=O) groups is 1. The number of carbonyl (C=O) groups excluding carboxylic acids is 1. The summed E-state index contributed by atoms with van der Waals surface area (Å²) in [5.41, 5.74) is 0.536. The Bertz CT molecular complexity index is 583. The summed E-state index contributed by atoms with van der Waals surface area (Å²) < 4.78 is 5.20. The quantitative estimate of drug-likeness (QED) is 0.688. The highest BCUT2D eigenvalue weighted by Gasteiger charge is 2.36. The number of nitrogens with zero attached hydrogens (tertiary/aromatic N) is 1. The van der Waals surface area contributed by atoms with Gasteiger partial charge < -0.3 is 9.73 Å². The van der Waals surface area contributed by atoms with Crippen molar-refractivity contribution in [1.82, 2.24) is 10.2 Å². The highest BCUT2D eigenvalue weighted by molar-refractivity contribution is 7.80. The third kappa shape index (κ3) is 3.08. The van der Waals surface area contributed by atoms with Gasteiger partial charge in [0.2, 0.25) is 0 Å². The molecule has 1 aromatic rings. The third-order valence-corrected chi connectivity index (χ3v) is 4.21. The molecule has 0 unspecified atom stereocenters. The lowest BCUT2D eigenvalue weighted by atomic mass is 9.94. The Labute approximate surface area is 129 Å². The van der Waals surface area contributed by atoms with E-state index in [2.05, 4.69) is 5.32 Å². The van der Waals surface area contributed by atoms with E-state index < -0.39 is 0 Å². The molecule has 3 rings (SSSR count). The van der Waals surface area contributed by atoms with E-state index in [9.17, 15) is 4.79 Å². The van der Waals surface area contributed by atoms with Gasteiger partial charge in [0.25, 0.3) is 5.91 Å². The van der Waals surface area contributed by atoms with Crippen molar-refractivity contribution in [1.29, 1.82) is 0 Å². The van der Waals surface area contributed by atoms with E-state index in [0.29, 0.717) is 10.8 Å². The fourth-order valence-electron chi connectivity index (χ4n) is 2.86. The Morgan fingerprint density at radius 2 is 2.14 bits per heavy atom. The van der Waals surface area contributed by atoms with Crippen molar-refractivity contribution in [2.45, 2.75) is 38.1 Å². The number of hydrogen-bond acceptors (Lipinski definition) is 3. The average Bonchev–Trinajstić information content (AvgIpc) is 3.09. The summed E-state index contributed by atoms with van der Waals surface area (Å²) in [5, 5.41) is 3.55. The minimum Gasteiger partial charge on any atom is -0.465 e.